The number of rotatable bonds is 7. The van der Waals surface area contributed by atoms with Gasteiger partial charge in [0.2, 0.25) is 5.91 Å². The summed E-state index contributed by atoms with van der Waals surface area (Å²) in [7, 11) is 0. The van der Waals surface area contributed by atoms with Gasteiger partial charge in [0, 0.05) is 19.0 Å². The summed E-state index contributed by atoms with van der Waals surface area (Å²) in [6, 6.07) is 2.41. The summed E-state index contributed by atoms with van der Waals surface area (Å²) in [6.07, 6.45) is 0.965. The van der Waals surface area contributed by atoms with Gasteiger partial charge < -0.3 is 15.1 Å². The van der Waals surface area contributed by atoms with Gasteiger partial charge in [-0.15, -0.1) is 0 Å². The average molecular weight is 283 g/mol. The van der Waals surface area contributed by atoms with E-state index in [9.17, 15) is 19.7 Å². The van der Waals surface area contributed by atoms with Crippen molar-refractivity contribution < 1.29 is 18.9 Å². The van der Waals surface area contributed by atoms with Crippen LogP contribution in [0.25, 0.3) is 0 Å². The maximum absolute atomic E-state index is 11.6. The third kappa shape index (κ3) is 4.71. The van der Waals surface area contributed by atoms with Crippen molar-refractivity contribution in [1.82, 2.24) is 10.6 Å². The first kappa shape index (κ1) is 15.7. The van der Waals surface area contributed by atoms with Crippen molar-refractivity contribution in [2.24, 2.45) is 0 Å². The molecule has 8 heteroatoms. The van der Waals surface area contributed by atoms with Crippen LogP contribution in [0.5, 0.6) is 0 Å². The minimum absolute atomic E-state index is 0.0888. The Morgan fingerprint density at radius 1 is 1.45 bits per heavy atom. The zero-order valence-corrected chi connectivity index (χ0v) is 11.3. The van der Waals surface area contributed by atoms with E-state index in [1.54, 1.807) is 0 Å². The van der Waals surface area contributed by atoms with Crippen LogP contribution in [0.2, 0.25) is 0 Å². The monoisotopic (exact) mass is 283 g/mol. The molecule has 0 aromatic carbocycles. The Balaban J connectivity index is 2.36. The van der Waals surface area contributed by atoms with Crippen LogP contribution in [-0.4, -0.2) is 29.3 Å². The Kier molecular flexibility index (Phi) is 5.70. The van der Waals surface area contributed by atoms with Gasteiger partial charge in [-0.25, -0.2) is 0 Å². The summed E-state index contributed by atoms with van der Waals surface area (Å²) in [5.41, 5.74) is 0. The number of hydrogen-bond acceptors (Lipinski definition) is 5. The van der Waals surface area contributed by atoms with Gasteiger partial charge in [-0.05, 0) is 19.4 Å². The molecule has 8 nitrogen and oxygen atoms in total. The molecular formula is C12H17N3O5. The van der Waals surface area contributed by atoms with Crippen LogP contribution in [-0.2, 0) is 4.79 Å². The van der Waals surface area contributed by atoms with E-state index in [4.69, 9.17) is 4.42 Å². The first-order valence-electron chi connectivity index (χ1n) is 6.25. The number of amides is 2. The maximum Gasteiger partial charge on any atom is 0.433 e. The van der Waals surface area contributed by atoms with E-state index in [2.05, 4.69) is 10.6 Å². The van der Waals surface area contributed by atoms with Crippen LogP contribution in [0.15, 0.2) is 16.5 Å². The third-order valence-corrected chi connectivity index (χ3v) is 2.65. The van der Waals surface area contributed by atoms with Gasteiger partial charge in [0.25, 0.3) is 5.91 Å². The number of nitro groups is 1. The molecule has 0 aliphatic rings. The number of nitrogens with zero attached hydrogens (tertiary/aromatic N) is 1. The lowest BCUT2D eigenvalue weighted by molar-refractivity contribution is -0.402. The van der Waals surface area contributed by atoms with Crippen molar-refractivity contribution in [3.05, 3.63) is 28.0 Å². The summed E-state index contributed by atoms with van der Waals surface area (Å²) in [6.45, 7) is 3.98. The minimum atomic E-state index is -0.726. The van der Waals surface area contributed by atoms with Crippen LogP contribution in [0, 0.1) is 10.1 Å². The smallest absolute Gasteiger partial charge is 0.395 e. The van der Waals surface area contributed by atoms with Gasteiger partial charge >= 0.3 is 5.88 Å². The van der Waals surface area contributed by atoms with Crippen molar-refractivity contribution in [2.45, 2.75) is 32.7 Å². The van der Waals surface area contributed by atoms with Crippen molar-refractivity contribution in [3.8, 4) is 0 Å². The molecule has 0 aliphatic heterocycles. The first-order valence-corrected chi connectivity index (χ1v) is 6.25. The molecule has 1 atom stereocenters. The second-order valence-electron chi connectivity index (χ2n) is 4.28. The maximum atomic E-state index is 11.6. The van der Waals surface area contributed by atoms with Gasteiger partial charge in [0.05, 0.1) is 6.07 Å². The lowest BCUT2D eigenvalue weighted by atomic mass is 10.2. The highest BCUT2D eigenvalue weighted by Gasteiger charge is 2.17. The minimum Gasteiger partial charge on any atom is -0.395 e. The Bertz CT molecular complexity index is 497. The Morgan fingerprint density at radius 3 is 2.70 bits per heavy atom. The standard InChI is InChI=1S/C12H17N3O5/c1-3-8(2)14-10(16)6-7-13-12(17)9-4-5-11(20-9)15(18)19/h4-5,8H,3,6-7H2,1-2H3,(H,13,17)(H,14,16). The zero-order valence-electron chi connectivity index (χ0n) is 11.3. The zero-order chi connectivity index (χ0) is 15.1. The van der Waals surface area contributed by atoms with Crippen LogP contribution < -0.4 is 10.6 Å². The van der Waals surface area contributed by atoms with Gasteiger partial charge in [-0.3, -0.25) is 19.7 Å². The summed E-state index contributed by atoms with van der Waals surface area (Å²) in [4.78, 5) is 32.7. The summed E-state index contributed by atoms with van der Waals surface area (Å²) < 4.78 is 4.73. The average Bonchev–Trinajstić information content (AvgIpc) is 2.88. The number of furan rings is 1. The van der Waals surface area contributed by atoms with Crippen LogP contribution in [0.3, 0.4) is 0 Å². The van der Waals surface area contributed by atoms with E-state index in [-0.39, 0.29) is 30.7 Å². The summed E-state index contributed by atoms with van der Waals surface area (Å²) in [5, 5.41) is 15.6. The molecular weight excluding hydrogens is 266 g/mol. The highest BCUT2D eigenvalue weighted by molar-refractivity contribution is 5.92. The lowest BCUT2D eigenvalue weighted by Gasteiger charge is -2.11. The van der Waals surface area contributed by atoms with E-state index in [0.29, 0.717) is 0 Å². The molecule has 0 fully saturated rings. The summed E-state index contributed by atoms with van der Waals surface area (Å²) >= 11 is 0. The largest absolute Gasteiger partial charge is 0.433 e. The molecule has 1 unspecified atom stereocenters. The van der Waals surface area contributed by atoms with Crippen molar-refractivity contribution in [2.75, 3.05) is 6.54 Å². The number of hydrogen-bond donors (Lipinski definition) is 2. The number of nitrogens with one attached hydrogen (secondary N) is 2. The predicted octanol–water partition coefficient (Wildman–Crippen LogP) is 1.22. The van der Waals surface area contributed by atoms with Crippen molar-refractivity contribution in [1.29, 1.82) is 0 Å². The van der Waals surface area contributed by atoms with Gasteiger partial charge in [0.1, 0.15) is 4.92 Å². The van der Waals surface area contributed by atoms with E-state index < -0.39 is 16.7 Å². The van der Waals surface area contributed by atoms with E-state index >= 15 is 0 Å². The van der Waals surface area contributed by atoms with Crippen LogP contribution >= 0.6 is 0 Å². The van der Waals surface area contributed by atoms with Crippen LogP contribution in [0.1, 0.15) is 37.2 Å². The molecule has 0 bridgehead atoms. The van der Waals surface area contributed by atoms with Gasteiger partial charge in [-0.2, -0.15) is 0 Å². The molecule has 0 saturated heterocycles. The van der Waals surface area contributed by atoms with Gasteiger partial charge in [-0.1, -0.05) is 6.92 Å². The van der Waals surface area contributed by atoms with Gasteiger partial charge in [0.15, 0.2) is 5.76 Å². The molecule has 2 N–H and O–H groups in total. The fourth-order valence-electron chi connectivity index (χ4n) is 1.37. The molecule has 0 spiro atoms. The molecule has 1 heterocycles. The van der Waals surface area contributed by atoms with E-state index in [0.717, 1.165) is 12.5 Å². The van der Waals surface area contributed by atoms with E-state index in [1.807, 2.05) is 13.8 Å². The Morgan fingerprint density at radius 2 is 2.15 bits per heavy atom. The first-order chi connectivity index (χ1) is 9.43. The fraction of sp³-hybridized carbons (Fsp3) is 0.500. The Hall–Kier alpha value is -2.38. The second-order valence-corrected chi connectivity index (χ2v) is 4.28. The molecule has 1 aromatic heterocycles. The molecule has 0 saturated carbocycles. The molecule has 1 rings (SSSR count). The fourth-order valence-corrected chi connectivity index (χ4v) is 1.37. The molecule has 2 amide bonds. The molecule has 20 heavy (non-hydrogen) atoms. The van der Waals surface area contributed by atoms with E-state index in [1.165, 1.54) is 6.07 Å². The number of carbonyl (C=O) groups excluding carboxylic acids is 2. The normalized spacial score (nSPS) is 11.7. The lowest BCUT2D eigenvalue weighted by Crippen LogP contribution is -2.35. The molecule has 110 valence electrons. The number of carbonyl (C=O) groups is 2. The third-order valence-electron chi connectivity index (χ3n) is 2.65. The van der Waals surface area contributed by atoms with Crippen LogP contribution in [0.4, 0.5) is 5.88 Å². The molecule has 0 aliphatic carbocycles. The quantitative estimate of drug-likeness (QED) is 0.576. The van der Waals surface area contributed by atoms with Crippen molar-refractivity contribution >= 4 is 17.7 Å². The Labute approximate surface area is 115 Å². The second kappa shape index (κ2) is 7.27. The molecule has 1 aromatic rings. The molecule has 0 radical (unpaired) electrons. The van der Waals surface area contributed by atoms with Crippen molar-refractivity contribution in [3.63, 3.8) is 0 Å². The SMILES string of the molecule is CCC(C)NC(=O)CCNC(=O)c1ccc([N+](=O)[O-])o1. The highest BCUT2D eigenvalue weighted by Crippen LogP contribution is 2.15. The predicted molar refractivity (Wildman–Crippen MR) is 70.2 cm³/mol. The topological polar surface area (TPSA) is 114 Å². The highest BCUT2D eigenvalue weighted by atomic mass is 16.6. The summed E-state index contributed by atoms with van der Waals surface area (Å²) in [5.74, 6) is -1.40.